The molecule has 0 N–H and O–H groups in total. The van der Waals surface area contributed by atoms with E-state index in [-0.39, 0.29) is 5.56 Å². The molecular formula is C8H7Br2F2N. The summed E-state index contributed by atoms with van der Waals surface area (Å²) in [7, 11) is 0. The Kier molecular flexibility index (Phi) is 3.79. The van der Waals surface area contributed by atoms with Crippen molar-refractivity contribution in [3.63, 3.8) is 0 Å². The number of alkyl halides is 3. The van der Waals surface area contributed by atoms with E-state index in [0.717, 1.165) is 5.56 Å². The molecule has 13 heavy (non-hydrogen) atoms. The molecule has 0 amide bonds. The lowest BCUT2D eigenvalue weighted by atomic mass is 10.1. The van der Waals surface area contributed by atoms with Gasteiger partial charge in [-0.25, -0.2) is 8.78 Å². The average Bonchev–Trinajstić information content (AvgIpc) is 2.08. The first-order chi connectivity index (χ1) is 6.07. The molecule has 0 aliphatic rings. The molecule has 72 valence electrons. The molecule has 0 unspecified atom stereocenters. The maximum atomic E-state index is 12.6. The molecule has 0 aliphatic heterocycles. The van der Waals surface area contributed by atoms with E-state index in [2.05, 4.69) is 36.8 Å². The Bertz CT molecular complexity index is 315. The number of rotatable bonds is 2. The zero-order valence-corrected chi connectivity index (χ0v) is 9.99. The van der Waals surface area contributed by atoms with Crippen LogP contribution in [0, 0.1) is 6.92 Å². The van der Waals surface area contributed by atoms with Crippen LogP contribution < -0.4 is 0 Å². The van der Waals surface area contributed by atoms with E-state index in [0.29, 0.717) is 15.5 Å². The zero-order valence-electron chi connectivity index (χ0n) is 6.82. The molecular weight excluding hydrogens is 308 g/mol. The molecule has 0 aliphatic carbocycles. The summed E-state index contributed by atoms with van der Waals surface area (Å²) in [4.78, 5) is 3.92. The van der Waals surface area contributed by atoms with E-state index in [4.69, 9.17) is 0 Å². The third-order valence-electron chi connectivity index (χ3n) is 1.65. The molecule has 0 saturated heterocycles. The fraction of sp³-hybridized carbons (Fsp3) is 0.375. The highest BCUT2D eigenvalue weighted by Gasteiger charge is 2.18. The van der Waals surface area contributed by atoms with Crippen molar-refractivity contribution >= 4 is 31.9 Å². The topological polar surface area (TPSA) is 12.9 Å². The monoisotopic (exact) mass is 313 g/mol. The van der Waals surface area contributed by atoms with Crippen molar-refractivity contribution in [3.8, 4) is 0 Å². The molecule has 1 nitrogen and oxygen atoms in total. The van der Waals surface area contributed by atoms with Crippen molar-refractivity contribution in [2.24, 2.45) is 0 Å². The number of nitrogens with zero attached hydrogens (tertiary/aromatic N) is 1. The fourth-order valence-corrected chi connectivity index (χ4v) is 1.92. The van der Waals surface area contributed by atoms with Crippen molar-refractivity contribution in [1.29, 1.82) is 0 Å². The summed E-state index contributed by atoms with van der Waals surface area (Å²) in [6.45, 7) is 1.74. The van der Waals surface area contributed by atoms with Gasteiger partial charge in [0.05, 0.1) is 11.3 Å². The van der Waals surface area contributed by atoms with Crippen LogP contribution >= 0.6 is 31.9 Å². The summed E-state index contributed by atoms with van der Waals surface area (Å²) in [6, 6.07) is 0. The number of aryl methyl sites for hydroxylation is 1. The van der Waals surface area contributed by atoms with Gasteiger partial charge in [0.15, 0.2) is 0 Å². The SMILES string of the molecule is Cc1cnc(CBr)c(C(F)F)c1Br. The van der Waals surface area contributed by atoms with Gasteiger partial charge in [0.2, 0.25) is 0 Å². The van der Waals surface area contributed by atoms with Gasteiger partial charge in [0.1, 0.15) is 0 Å². The van der Waals surface area contributed by atoms with Crippen LogP contribution in [-0.4, -0.2) is 4.98 Å². The molecule has 0 bridgehead atoms. The summed E-state index contributed by atoms with van der Waals surface area (Å²) in [5, 5.41) is 0.339. The van der Waals surface area contributed by atoms with E-state index < -0.39 is 6.43 Å². The molecule has 0 aromatic carbocycles. The predicted molar refractivity (Wildman–Crippen MR) is 54.3 cm³/mol. The first-order valence-electron chi connectivity index (χ1n) is 3.56. The second kappa shape index (κ2) is 4.46. The van der Waals surface area contributed by atoms with Gasteiger partial charge < -0.3 is 0 Å². The second-order valence-electron chi connectivity index (χ2n) is 2.55. The lowest BCUT2D eigenvalue weighted by Gasteiger charge is -2.09. The summed E-state index contributed by atoms with van der Waals surface area (Å²) in [5.74, 6) is 0. The fourth-order valence-electron chi connectivity index (χ4n) is 0.968. The Labute approximate surface area is 91.8 Å². The van der Waals surface area contributed by atoms with Crippen molar-refractivity contribution in [1.82, 2.24) is 4.98 Å². The molecule has 1 aromatic heterocycles. The maximum Gasteiger partial charge on any atom is 0.266 e. The van der Waals surface area contributed by atoms with Crippen LogP contribution in [-0.2, 0) is 5.33 Å². The third kappa shape index (κ3) is 2.26. The van der Waals surface area contributed by atoms with Crippen LogP contribution in [0.5, 0.6) is 0 Å². The largest absolute Gasteiger partial charge is 0.266 e. The van der Waals surface area contributed by atoms with Crippen molar-refractivity contribution in [2.75, 3.05) is 0 Å². The normalized spacial score (nSPS) is 10.9. The lowest BCUT2D eigenvalue weighted by molar-refractivity contribution is 0.149. The van der Waals surface area contributed by atoms with E-state index in [9.17, 15) is 8.78 Å². The average molecular weight is 315 g/mol. The van der Waals surface area contributed by atoms with Crippen molar-refractivity contribution in [3.05, 3.63) is 27.5 Å². The number of hydrogen-bond acceptors (Lipinski definition) is 1. The highest BCUT2D eigenvalue weighted by atomic mass is 79.9. The van der Waals surface area contributed by atoms with Crippen molar-refractivity contribution in [2.45, 2.75) is 18.7 Å². The highest BCUT2D eigenvalue weighted by molar-refractivity contribution is 9.10. The van der Waals surface area contributed by atoms with Crippen LogP contribution in [0.3, 0.4) is 0 Å². The minimum Gasteiger partial charge on any atom is -0.260 e. The van der Waals surface area contributed by atoms with Crippen LogP contribution in [0.15, 0.2) is 10.7 Å². The van der Waals surface area contributed by atoms with Crippen LogP contribution in [0.4, 0.5) is 8.78 Å². The lowest BCUT2D eigenvalue weighted by Crippen LogP contribution is -1.99. The minimum absolute atomic E-state index is 0.0168. The summed E-state index contributed by atoms with van der Waals surface area (Å²) in [6.07, 6.45) is -0.915. The second-order valence-corrected chi connectivity index (χ2v) is 3.90. The molecule has 0 atom stereocenters. The molecule has 0 spiro atoms. The van der Waals surface area contributed by atoms with Gasteiger partial charge in [0.25, 0.3) is 6.43 Å². The molecule has 1 rings (SSSR count). The van der Waals surface area contributed by atoms with Gasteiger partial charge in [-0.1, -0.05) is 15.9 Å². The van der Waals surface area contributed by atoms with Gasteiger partial charge in [-0.2, -0.15) is 0 Å². The Morgan fingerprint density at radius 1 is 1.54 bits per heavy atom. The molecule has 1 aromatic rings. The summed E-state index contributed by atoms with van der Waals surface area (Å²) in [5.41, 5.74) is 1.09. The molecule has 0 saturated carbocycles. The molecule has 0 radical (unpaired) electrons. The molecule has 1 heterocycles. The number of halogens is 4. The Balaban J connectivity index is 3.32. The third-order valence-corrected chi connectivity index (χ3v) is 3.24. The summed E-state index contributed by atoms with van der Waals surface area (Å²) < 4.78 is 25.6. The molecule has 5 heteroatoms. The highest BCUT2D eigenvalue weighted by Crippen LogP contribution is 2.32. The number of aromatic nitrogens is 1. The van der Waals surface area contributed by atoms with Gasteiger partial charge in [-0.05, 0) is 28.4 Å². The van der Waals surface area contributed by atoms with E-state index >= 15 is 0 Å². The Morgan fingerprint density at radius 3 is 2.62 bits per heavy atom. The van der Waals surface area contributed by atoms with Gasteiger partial charge in [-0.3, -0.25) is 4.98 Å². The van der Waals surface area contributed by atoms with Crippen molar-refractivity contribution < 1.29 is 8.78 Å². The van der Waals surface area contributed by atoms with E-state index in [1.165, 1.54) is 0 Å². The maximum absolute atomic E-state index is 12.6. The first-order valence-corrected chi connectivity index (χ1v) is 5.47. The predicted octanol–water partition coefficient (Wildman–Crippen LogP) is 3.99. The van der Waals surface area contributed by atoms with Gasteiger partial charge in [0, 0.05) is 16.0 Å². The van der Waals surface area contributed by atoms with Gasteiger partial charge in [-0.15, -0.1) is 0 Å². The van der Waals surface area contributed by atoms with E-state index in [1.807, 2.05) is 0 Å². The first kappa shape index (κ1) is 11.0. The molecule has 0 fully saturated rings. The zero-order chi connectivity index (χ0) is 10.0. The Morgan fingerprint density at radius 2 is 2.15 bits per heavy atom. The minimum atomic E-state index is -2.49. The smallest absolute Gasteiger partial charge is 0.260 e. The van der Waals surface area contributed by atoms with Gasteiger partial charge >= 0.3 is 0 Å². The van der Waals surface area contributed by atoms with Crippen LogP contribution in [0.1, 0.15) is 23.2 Å². The van der Waals surface area contributed by atoms with E-state index in [1.54, 1.807) is 13.1 Å². The van der Waals surface area contributed by atoms with Crippen LogP contribution in [0.25, 0.3) is 0 Å². The number of pyridine rings is 1. The standard InChI is InChI=1S/C8H7Br2F2N/c1-4-3-13-5(2-9)6(7(4)10)8(11)12/h3,8H,2H2,1H3. The Hall–Kier alpha value is -0.0300. The quantitative estimate of drug-likeness (QED) is 0.752. The number of hydrogen-bond donors (Lipinski definition) is 0. The van der Waals surface area contributed by atoms with Crippen LogP contribution in [0.2, 0.25) is 0 Å². The summed E-state index contributed by atoms with van der Waals surface area (Å²) >= 11 is 6.25.